The van der Waals surface area contributed by atoms with E-state index in [9.17, 15) is 8.42 Å². The van der Waals surface area contributed by atoms with Crippen LogP contribution in [-0.4, -0.2) is 25.2 Å². The third-order valence-corrected chi connectivity index (χ3v) is 4.28. The quantitative estimate of drug-likeness (QED) is 0.546. The molecule has 0 aromatic heterocycles. The lowest BCUT2D eigenvalue weighted by Crippen LogP contribution is -2.09. The van der Waals surface area contributed by atoms with Crippen molar-refractivity contribution in [3.05, 3.63) is 12.2 Å². The minimum atomic E-state index is -3.40. The first-order valence-corrected chi connectivity index (χ1v) is 7.23. The molecule has 0 aromatic rings. The smallest absolute Gasteiger partial charge is 0.212 e. The summed E-state index contributed by atoms with van der Waals surface area (Å²) < 4.78 is 21.4. The Morgan fingerprint density at radius 1 is 1.67 bits per heavy atom. The highest BCUT2D eigenvalue weighted by atomic mass is 35.7. The monoisotopic (exact) mass is 226 g/mol. The summed E-state index contributed by atoms with van der Waals surface area (Å²) in [7, 11) is 1.71. The molecule has 1 rings (SSSR count). The van der Waals surface area contributed by atoms with Gasteiger partial charge in [-0.05, 0) is 24.2 Å². The van der Waals surface area contributed by atoms with Gasteiger partial charge in [0.1, 0.15) is 0 Å². The van der Waals surface area contributed by atoms with Gasteiger partial charge in [-0.2, -0.15) is 11.8 Å². The van der Waals surface area contributed by atoms with Gasteiger partial charge in [-0.25, -0.2) is 8.42 Å². The molecule has 1 unspecified atom stereocenters. The average Bonchev–Trinajstić information content (AvgIpc) is 2.32. The fraction of sp³-hybridized carbons (Fsp3) is 0.714. The predicted molar refractivity (Wildman–Crippen MR) is 54.3 cm³/mol. The van der Waals surface area contributed by atoms with Crippen molar-refractivity contribution in [2.75, 3.05) is 11.5 Å². The van der Waals surface area contributed by atoms with Crippen molar-refractivity contribution in [3.63, 3.8) is 0 Å². The van der Waals surface area contributed by atoms with Crippen LogP contribution in [0.2, 0.25) is 0 Å². The summed E-state index contributed by atoms with van der Waals surface area (Å²) in [5.41, 5.74) is 0.743. The summed E-state index contributed by atoms with van der Waals surface area (Å²) in [5, 5.41) is 0.304. The Morgan fingerprint density at radius 3 is 2.75 bits per heavy atom. The summed E-state index contributed by atoms with van der Waals surface area (Å²) in [6, 6.07) is 0. The minimum absolute atomic E-state index is 0.0772. The SMILES string of the molecule is C=C(CS(=O)(=O)Cl)C1CCCS1. The van der Waals surface area contributed by atoms with Gasteiger partial charge in [0.2, 0.25) is 9.05 Å². The molecule has 0 N–H and O–H groups in total. The number of rotatable bonds is 3. The standard InChI is InChI=1S/C7H11ClO2S2/c1-6(5-12(8,9)10)7-3-2-4-11-7/h7H,1-5H2. The average molecular weight is 227 g/mol. The molecule has 1 heterocycles. The molecule has 12 heavy (non-hydrogen) atoms. The second-order valence-corrected chi connectivity index (χ2v) is 6.93. The summed E-state index contributed by atoms with van der Waals surface area (Å²) in [5.74, 6) is 1.03. The zero-order valence-corrected chi connectivity index (χ0v) is 9.01. The lowest BCUT2D eigenvalue weighted by atomic mass is 10.1. The van der Waals surface area contributed by atoms with Gasteiger partial charge < -0.3 is 0 Å². The van der Waals surface area contributed by atoms with Gasteiger partial charge in [0.15, 0.2) is 0 Å². The van der Waals surface area contributed by atoms with Crippen LogP contribution < -0.4 is 0 Å². The normalized spacial score (nSPS) is 24.2. The van der Waals surface area contributed by atoms with Crippen LogP contribution in [0, 0.1) is 0 Å². The molecule has 1 aliphatic rings. The second kappa shape index (κ2) is 4.03. The van der Waals surface area contributed by atoms with E-state index >= 15 is 0 Å². The van der Waals surface area contributed by atoms with E-state index < -0.39 is 9.05 Å². The lowest BCUT2D eigenvalue weighted by molar-refractivity contribution is 0.611. The van der Waals surface area contributed by atoms with E-state index in [4.69, 9.17) is 10.7 Å². The third-order valence-electron chi connectivity index (χ3n) is 1.74. The zero-order valence-electron chi connectivity index (χ0n) is 6.62. The van der Waals surface area contributed by atoms with Crippen LogP contribution in [0.4, 0.5) is 0 Å². The molecule has 1 fully saturated rings. The minimum Gasteiger partial charge on any atom is -0.212 e. The van der Waals surface area contributed by atoms with Gasteiger partial charge in [0, 0.05) is 15.9 Å². The molecule has 1 atom stereocenters. The highest BCUT2D eigenvalue weighted by Crippen LogP contribution is 2.31. The van der Waals surface area contributed by atoms with E-state index in [1.165, 1.54) is 0 Å². The maximum Gasteiger partial charge on any atom is 0.236 e. The fourth-order valence-electron chi connectivity index (χ4n) is 1.21. The van der Waals surface area contributed by atoms with Crippen molar-refractivity contribution in [3.8, 4) is 0 Å². The van der Waals surface area contributed by atoms with E-state index in [0.29, 0.717) is 5.25 Å². The molecule has 0 saturated carbocycles. The van der Waals surface area contributed by atoms with Crippen LogP contribution in [0.3, 0.4) is 0 Å². The molecular formula is C7H11ClO2S2. The molecule has 1 aliphatic heterocycles. The van der Waals surface area contributed by atoms with Gasteiger partial charge in [-0.15, -0.1) is 0 Å². The third kappa shape index (κ3) is 3.37. The van der Waals surface area contributed by atoms with Crippen LogP contribution in [0.5, 0.6) is 0 Å². The molecule has 0 aliphatic carbocycles. The van der Waals surface area contributed by atoms with E-state index in [1.807, 2.05) is 0 Å². The molecule has 0 bridgehead atoms. The van der Waals surface area contributed by atoms with Gasteiger partial charge in [0.05, 0.1) is 5.75 Å². The number of hydrogen-bond donors (Lipinski definition) is 0. The van der Waals surface area contributed by atoms with Crippen molar-refractivity contribution in [2.24, 2.45) is 0 Å². The molecule has 0 aromatic carbocycles. The van der Waals surface area contributed by atoms with E-state index in [-0.39, 0.29) is 5.75 Å². The summed E-state index contributed by atoms with van der Waals surface area (Å²) in [6.07, 6.45) is 2.19. The molecule has 0 amide bonds. The molecule has 1 saturated heterocycles. The van der Waals surface area contributed by atoms with Gasteiger partial charge >= 0.3 is 0 Å². The zero-order chi connectivity index (χ0) is 9.19. The molecule has 5 heteroatoms. The van der Waals surface area contributed by atoms with E-state index in [2.05, 4.69) is 6.58 Å². The first-order chi connectivity index (χ1) is 5.49. The first kappa shape index (κ1) is 10.4. The van der Waals surface area contributed by atoms with Crippen molar-refractivity contribution in [1.82, 2.24) is 0 Å². The molecular weight excluding hydrogens is 216 g/mol. The van der Waals surface area contributed by atoms with Gasteiger partial charge in [0.25, 0.3) is 0 Å². The van der Waals surface area contributed by atoms with E-state index in [0.717, 1.165) is 24.2 Å². The van der Waals surface area contributed by atoms with Crippen LogP contribution in [0.1, 0.15) is 12.8 Å². The van der Waals surface area contributed by atoms with Crippen molar-refractivity contribution < 1.29 is 8.42 Å². The van der Waals surface area contributed by atoms with Crippen LogP contribution >= 0.6 is 22.4 Å². The highest BCUT2D eigenvalue weighted by molar-refractivity contribution is 8.13. The Hall–Kier alpha value is 0.330. The largest absolute Gasteiger partial charge is 0.236 e. The Kier molecular flexibility index (Phi) is 3.49. The first-order valence-electron chi connectivity index (χ1n) is 3.70. The Labute approximate surface area is 81.8 Å². The maximum atomic E-state index is 10.7. The predicted octanol–water partition coefficient (Wildman–Crippen LogP) is 2.01. The molecule has 0 radical (unpaired) electrons. The van der Waals surface area contributed by atoms with E-state index in [1.54, 1.807) is 11.8 Å². The number of halogens is 1. The fourth-order valence-corrected chi connectivity index (χ4v) is 3.65. The molecule has 2 nitrogen and oxygen atoms in total. The summed E-state index contributed by atoms with van der Waals surface area (Å²) in [4.78, 5) is 0. The van der Waals surface area contributed by atoms with Crippen molar-refractivity contribution in [1.29, 1.82) is 0 Å². The second-order valence-electron chi connectivity index (χ2n) is 2.84. The topological polar surface area (TPSA) is 34.1 Å². The lowest BCUT2D eigenvalue weighted by Gasteiger charge is -2.09. The summed E-state index contributed by atoms with van der Waals surface area (Å²) in [6.45, 7) is 3.74. The Balaban J connectivity index is 2.48. The van der Waals surface area contributed by atoms with Crippen molar-refractivity contribution in [2.45, 2.75) is 18.1 Å². The molecule has 70 valence electrons. The van der Waals surface area contributed by atoms with Gasteiger partial charge in [-0.3, -0.25) is 0 Å². The van der Waals surface area contributed by atoms with Crippen LogP contribution in [0.25, 0.3) is 0 Å². The van der Waals surface area contributed by atoms with Crippen LogP contribution in [0.15, 0.2) is 12.2 Å². The number of hydrogen-bond acceptors (Lipinski definition) is 3. The van der Waals surface area contributed by atoms with Crippen LogP contribution in [-0.2, 0) is 9.05 Å². The maximum absolute atomic E-state index is 10.7. The molecule has 0 spiro atoms. The Bertz CT molecular complexity index is 265. The Morgan fingerprint density at radius 2 is 2.33 bits per heavy atom. The summed E-state index contributed by atoms with van der Waals surface area (Å²) >= 11 is 1.77. The number of thioether (sulfide) groups is 1. The highest BCUT2D eigenvalue weighted by Gasteiger charge is 2.21. The van der Waals surface area contributed by atoms with Crippen molar-refractivity contribution >= 4 is 31.5 Å². The van der Waals surface area contributed by atoms with Gasteiger partial charge in [-0.1, -0.05) is 6.58 Å².